The quantitative estimate of drug-likeness (QED) is 0.0329. The van der Waals surface area contributed by atoms with Crippen LogP contribution in [0.25, 0.3) is 0 Å². The van der Waals surface area contributed by atoms with Crippen LogP contribution < -0.4 is 5.32 Å². The molecule has 0 rings (SSSR count). The van der Waals surface area contributed by atoms with Crippen LogP contribution in [-0.2, 0) is 4.79 Å². The van der Waals surface area contributed by atoms with Crippen molar-refractivity contribution in [3.63, 3.8) is 0 Å². The summed E-state index contributed by atoms with van der Waals surface area (Å²) in [5.74, 6) is -0.583. The fraction of sp³-hybridized carbons (Fsp3) is 0.929. The Balaban J connectivity index is 3.73. The number of nitrogens with one attached hydrogen (secondary N) is 1. The van der Waals surface area contributed by atoms with Gasteiger partial charge in [-0.05, 0) is 32.1 Å². The van der Waals surface area contributed by atoms with Gasteiger partial charge < -0.3 is 25.7 Å². The molecule has 48 heavy (non-hydrogen) atoms. The fourth-order valence-electron chi connectivity index (χ4n) is 6.56. The summed E-state index contributed by atoms with van der Waals surface area (Å²) in [7, 11) is 0. The van der Waals surface area contributed by atoms with Gasteiger partial charge in [-0.3, -0.25) is 4.79 Å². The zero-order chi connectivity index (χ0) is 35.3. The first-order valence-corrected chi connectivity index (χ1v) is 21.1. The van der Waals surface area contributed by atoms with Crippen molar-refractivity contribution in [1.29, 1.82) is 0 Å². The summed E-state index contributed by atoms with van der Waals surface area (Å²) < 4.78 is 0. The lowest BCUT2D eigenvalue weighted by Crippen LogP contribution is -2.53. The summed E-state index contributed by atoms with van der Waals surface area (Å²) in [5.41, 5.74) is 0. The van der Waals surface area contributed by atoms with E-state index in [1.54, 1.807) is 0 Å². The third-order valence-electron chi connectivity index (χ3n) is 9.98. The smallest absolute Gasteiger partial charge is 0.249 e. The number of allylic oxidation sites excluding steroid dienone is 2. The van der Waals surface area contributed by atoms with Crippen LogP contribution in [0.3, 0.4) is 0 Å². The van der Waals surface area contributed by atoms with Gasteiger partial charge in [0.15, 0.2) is 0 Å². The molecule has 1 amide bonds. The molecule has 0 aliphatic carbocycles. The van der Waals surface area contributed by atoms with E-state index in [1.807, 2.05) is 0 Å². The van der Waals surface area contributed by atoms with Crippen molar-refractivity contribution in [3.05, 3.63) is 12.2 Å². The topological polar surface area (TPSA) is 110 Å². The minimum Gasteiger partial charge on any atom is -0.394 e. The molecule has 0 heterocycles. The first-order valence-electron chi connectivity index (χ1n) is 21.1. The van der Waals surface area contributed by atoms with Crippen molar-refractivity contribution in [2.45, 2.75) is 244 Å². The number of rotatable bonds is 38. The average molecular weight is 682 g/mol. The normalized spacial score (nSPS) is 14.4. The number of hydrogen-bond acceptors (Lipinski definition) is 5. The highest BCUT2D eigenvalue weighted by Gasteiger charge is 2.28. The lowest BCUT2D eigenvalue weighted by Gasteiger charge is -2.27. The summed E-state index contributed by atoms with van der Waals surface area (Å²) in [6, 6.07) is -0.981. The maximum atomic E-state index is 12.5. The Hall–Kier alpha value is -0.950. The Bertz CT molecular complexity index is 687. The van der Waals surface area contributed by atoms with Crippen LogP contribution in [0.5, 0.6) is 0 Å². The summed E-state index contributed by atoms with van der Waals surface area (Å²) in [4.78, 5) is 12.5. The highest BCUT2D eigenvalue weighted by atomic mass is 16.3. The number of carbonyl (C=O) groups excluding carboxylic acids is 1. The van der Waals surface area contributed by atoms with Gasteiger partial charge in [0.05, 0.1) is 18.8 Å². The fourth-order valence-corrected chi connectivity index (χ4v) is 6.56. The average Bonchev–Trinajstić information content (AvgIpc) is 3.09. The van der Waals surface area contributed by atoms with Crippen LogP contribution >= 0.6 is 0 Å². The van der Waals surface area contributed by atoms with E-state index in [0.717, 1.165) is 38.5 Å². The van der Waals surface area contributed by atoms with Gasteiger partial charge in [0, 0.05) is 0 Å². The second-order valence-corrected chi connectivity index (χ2v) is 14.7. The summed E-state index contributed by atoms with van der Waals surface area (Å²) >= 11 is 0. The minimum absolute atomic E-state index is 0.373. The van der Waals surface area contributed by atoms with E-state index in [-0.39, 0.29) is 0 Å². The molecule has 0 saturated heterocycles. The van der Waals surface area contributed by atoms with Gasteiger partial charge in [-0.2, -0.15) is 0 Å². The molecule has 0 aromatic carbocycles. The van der Waals surface area contributed by atoms with Crippen molar-refractivity contribution in [3.8, 4) is 0 Å². The standard InChI is InChI=1S/C42H83NO5/c1-3-5-7-9-11-13-15-17-19-20-21-22-24-25-27-29-31-33-35-39(45)41(47)38(37-44)43-42(48)40(46)36-34-32-30-28-26-23-18-16-14-12-10-8-6-4-2/h9,11,38-41,44-47H,3-8,10,12-37H2,1-2H3,(H,43,48)/b11-9+/t38-,39+,40+,41-/m0/s1. The Labute approximate surface area is 298 Å². The van der Waals surface area contributed by atoms with E-state index in [4.69, 9.17) is 0 Å². The second kappa shape index (κ2) is 37.3. The van der Waals surface area contributed by atoms with Gasteiger partial charge in [-0.15, -0.1) is 0 Å². The molecule has 0 aromatic rings. The first kappa shape index (κ1) is 47.0. The molecule has 4 atom stereocenters. The van der Waals surface area contributed by atoms with Gasteiger partial charge in [-0.1, -0.05) is 199 Å². The van der Waals surface area contributed by atoms with Crippen LogP contribution in [0.15, 0.2) is 12.2 Å². The Morgan fingerprint density at radius 1 is 0.500 bits per heavy atom. The zero-order valence-electron chi connectivity index (χ0n) is 32.0. The largest absolute Gasteiger partial charge is 0.394 e. The first-order chi connectivity index (χ1) is 23.5. The molecule has 0 radical (unpaired) electrons. The molecule has 0 aromatic heterocycles. The molecule has 0 fully saturated rings. The van der Waals surface area contributed by atoms with Gasteiger partial charge in [0.2, 0.25) is 5.91 Å². The highest BCUT2D eigenvalue weighted by molar-refractivity contribution is 5.80. The van der Waals surface area contributed by atoms with Gasteiger partial charge in [-0.25, -0.2) is 0 Å². The third-order valence-corrected chi connectivity index (χ3v) is 9.98. The Morgan fingerprint density at radius 2 is 0.854 bits per heavy atom. The van der Waals surface area contributed by atoms with Crippen molar-refractivity contribution in [2.24, 2.45) is 0 Å². The third kappa shape index (κ3) is 31.1. The van der Waals surface area contributed by atoms with Gasteiger partial charge in [0.1, 0.15) is 12.2 Å². The predicted molar refractivity (Wildman–Crippen MR) is 205 cm³/mol. The molecule has 6 heteroatoms. The molecule has 5 N–H and O–H groups in total. The van der Waals surface area contributed by atoms with Crippen molar-refractivity contribution >= 4 is 5.91 Å². The number of unbranched alkanes of at least 4 members (excludes halogenated alkanes) is 27. The number of aliphatic hydroxyl groups is 4. The Kier molecular flexibility index (Phi) is 36.6. The van der Waals surface area contributed by atoms with Crippen LogP contribution in [0.2, 0.25) is 0 Å². The van der Waals surface area contributed by atoms with Crippen molar-refractivity contribution in [2.75, 3.05) is 6.61 Å². The molecule has 0 aliphatic heterocycles. The molecule has 0 spiro atoms. The van der Waals surface area contributed by atoms with E-state index in [0.29, 0.717) is 12.8 Å². The highest BCUT2D eigenvalue weighted by Crippen LogP contribution is 2.16. The van der Waals surface area contributed by atoms with E-state index < -0.39 is 36.9 Å². The molecular formula is C42H83NO5. The molecule has 286 valence electrons. The van der Waals surface area contributed by atoms with Crippen LogP contribution in [0, 0.1) is 0 Å². The molecular weight excluding hydrogens is 598 g/mol. The van der Waals surface area contributed by atoms with Crippen LogP contribution in [0.4, 0.5) is 0 Å². The number of hydrogen-bond donors (Lipinski definition) is 5. The molecule has 0 saturated carbocycles. The van der Waals surface area contributed by atoms with Gasteiger partial charge in [0.25, 0.3) is 0 Å². The molecule has 0 aliphatic rings. The van der Waals surface area contributed by atoms with Crippen molar-refractivity contribution < 1.29 is 25.2 Å². The van der Waals surface area contributed by atoms with Crippen molar-refractivity contribution in [1.82, 2.24) is 5.32 Å². The van der Waals surface area contributed by atoms with E-state index in [9.17, 15) is 25.2 Å². The minimum atomic E-state index is -1.26. The van der Waals surface area contributed by atoms with Gasteiger partial charge >= 0.3 is 0 Å². The zero-order valence-corrected chi connectivity index (χ0v) is 32.0. The second-order valence-electron chi connectivity index (χ2n) is 14.7. The summed E-state index contributed by atoms with van der Waals surface area (Å²) in [6.07, 6.45) is 39.4. The summed E-state index contributed by atoms with van der Waals surface area (Å²) in [6.45, 7) is 4.02. The maximum absolute atomic E-state index is 12.5. The monoisotopic (exact) mass is 682 g/mol. The lowest BCUT2D eigenvalue weighted by molar-refractivity contribution is -0.132. The van der Waals surface area contributed by atoms with E-state index in [1.165, 1.54) is 154 Å². The lowest BCUT2D eigenvalue weighted by atomic mass is 9.99. The molecule has 6 nitrogen and oxygen atoms in total. The van der Waals surface area contributed by atoms with E-state index in [2.05, 4.69) is 31.3 Å². The molecule has 0 unspecified atom stereocenters. The van der Waals surface area contributed by atoms with Crippen LogP contribution in [0.1, 0.15) is 219 Å². The maximum Gasteiger partial charge on any atom is 0.249 e. The van der Waals surface area contributed by atoms with E-state index >= 15 is 0 Å². The summed E-state index contributed by atoms with van der Waals surface area (Å²) in [5, 5.41) is 43.6. The number of carbonyl (C=O) groups is 1. The molecule has 0 bridgehead atoms. The SMILES string of the molecule is CCCC/C=C/CCCCCCCCCCCCCC[C@@H](O)[C@@H](O)[C@H](CO)NC(=O)[C@H](O)CCCCCCCCCCCCCCCC. The predicted octanol–water partition coefficient (Wildman–Crippen LogP) is 10.6. The number of amides is 1. The Morgan fingerprint density at radius 3 is 1.27 bits per heavy atom. The van der Waals surface area contributed by atoms with Crippen LogP contribution in [-0.4, -0.2) is 57.3 Å². The number of aliphatic hydroxyl groups excluding tert-OH is 4.